The number of Topliss-reactive ketones (excluding diaryl/α,β-unsaturated/α-hetero) is 1. The maximum Gasteiger partial charge on any atom is 0.250 e. The van der Waals surface area contributed by atoms with Gasteiger partial charge in [0.05, 0.1) is 19.8 Å². The van der Waals surface area contributed by atoms with E-state index < -0.39 is 22.5 Å². The number of carbonyl (C=O) groups excluding carboxylic acids is 1. The number of ketones is 1. The number of aliphatic hydroxyl groups is 1. The van der Waals surface area contributed by atoms with Gasteiger partial charge in [-0.1, -0.05) is 53.3 Å². The fourth-order valence-electron chi connectivity index (χ4n) is 3.97. The minimum Gasteiger partial charge on any atom is -0.546 e. The van der Waals surface area contributed by atoms with Crippen molar-refractivity contribution in [2.75, 3.05) is 0 Å². The molecule has 0 aromatic rings. The molecule has 25 heavy (non-hydrogen) atoms. The number of rotatable bonds is 3. The van der Waals surface area contributed by atoms with Gasteiger partial charge in [0.1, 0.15) is 6.10 Å². The predicted molar refractivity (Wildman–Crippen MR) is 110 cm³/mol. The van der Waals surface area contributed by atoms with E-state index in [0.717, 1.165) is 31.4 Å². The second-order valence-electron chi connectivity index (χ2n) is 10.7. The molecule has 0 saturated heterocycles. The van der Waals surface area contributed by atoms with Gasteiger partial charge < -0.3 is 9.53 Å². The molecule has 0 radical (unpaired) electrons. The van der Waals surface area contributed by atoms with Gasteiger partial charge in [-0.3, -0.25) is 4.79 Å². The molecule has 0 spiro atoms. The molecule has 4 atom stereocenters. The Balaban J connectivity index is 2.52. The Morgan fingerprint density at radius 2 is 1.64 bits per heavy atom. The van der Waals surface area contributed by atoms with Crippen LogP contribution in [0.15, 0.2) is 11.8 Å². The average Bonchev–Trinajstić information content (AvgIpc) is 2.50. The van der Waals surface area contributed by atoms with Crippen molar-refractivity contribution in [2.45, 2.75) is 95.9 Å². The fraction of sp³-hybridized carbons (Fsp3) is 0.850. The first-order chi connectivity index (χ1) is 11.3. The van der Waals surface area contributed by atoms with E-state index in [4.69, 9.17) is 4.43 Å². The molecule has 2 rings (SSSR count). The molecule has 2 bridgehead atoms. The summed E-state index contributed by atoms with van der Waals surface area (Å²) in [4.78, 5) is 13.1. The fourth-order valence-corrected chi connectivity index (χ4v) is 7.37. The molecule has 0 aliphatic heterocycles. The SMILES string of the molecule is CC(C)(C)[Si](C)(C)OC1=C[C@H]([Si](C)(C)C)[C@H]2CCCC[C@@H]1C(=O)C2O. The summed E-state index contributed by atoms with van der Waals surface area (Å²) < 4.78 is 6.70. The summed E-state index contributed by atoms with van der Waals surface area (Å²) in [6.45, 7) is 18.2. The van der Waals surface area contributed by atoms with E-state index in [1.807, 2.05) is 0 Å². The first-order valence-corrected chi connectivity index (χ1v) is 16.4. The van der Waals surface area contributed by atoms with Crippen molar-refractivity contribution in [1.82, 2.24) is 0 Å². The largest absolute Gasteiger partial charge is 0.546 e. The molecule has 0 aromatic carbocycles. The summed E-state index contributed by atoms with van der Waals surface area (Å²) >= 11 is 0. The smallest absolute Gasteiger partial charge is 0.250 e. The normalized spacial score (nSPS) is 31.9. The Morgan fingerprint density at radius 1 is 1.08 bits per heavy atom. The number of allylic oxidation sites excluding steroid dienone is 2. The molecule has 0 amide bonds. The van der Waals surface area contributed by atoms with Gasteiger partial charge in [-0.2, -0.15) is 0 Å². The maximum atomic E-state index is 13.1. The van der Waals surface area contributed by atoms with Crippen molar-refractivity contribution in [1.29, 1.82) is 0 Å². The van der Waals surface area contributed by atoms with E-state index in [1.165, 1.54) is 0 Å². The molecule has 1 saturated carbocycles. The van der Waals surface area contributed by atoms with Gasteiger partial charge in [-0.15, -0.1) is 0 Å². The molecular formula is C20H38O3Si2. The molecule has 0 aromatic heterocycles. The lowest BCUT2D eigenvalue weighted by Gasteiger charge is -2.39. The van der Waals surface area contributed by atoms with Crippen molar-refractivity contribution in [3.8, 4) is 0 Å². The van der Waals surface area contributed by atoms with Gasteiger partial charge in [0.25, 0.3) is 0 Å². The highest BCUT2D eigenvalue weighted by molar-refractivity contribution is 6.78. The standard InChI is InChI=1S/C20H38O3Si2/c1-20(2,3)25(7,8)23-16-13-17(24(4,5)6)15-12-10-9-11-14(16)18(21)19(15)22/h13-15,17,19,22H,9-12H2,1-8H3/t14-,15+,17-,19?/m0/s1. The van der Waals surface area contributed by atoms with Crippen LogP contribution in [0, 0.1) is 11.8 Å². The predicted octanol–water partition coefficient (Wildman–Crippen LogP) is 5.35. The quantitative estimate of drug-likeness (QED) is 0.669. The lowest BCUT2D eigenvalue weighted by atomic mass is 9.83. The van der Waals surface area contributed by atoms with Crippen LogP contribution in [-0.4, -0.2) is 33.4 Å². The number of aliphatic hydroxyl groups excluding tert-OH is 1. The first-order valence-electron chi connectivity index (χ1n) is 9.88. The maximum absolute atomic E-state index is 13.1. The monoisotopic (exact) mass is 382 g/mol. The Morgan fingerprint density at radius 3 is 2.16 bits per heavy atom. The third-order valence-electron chi connectivity index (χ3n) is 6.65. The molecule has 1 fully saturated rings. The van der Waals surface area contributed by atoms with E-state index in [2.05, 4.69) is 59.6 Å². The molecule has 5 heteroatoms. The molecule has 2 aliphatic rings. The van der Waals surface area contributed by atoms with Crippen LogP contribution in [0.3, 0.4) is 0 Å². The van der Waals surface area contributed by atoms with Crippen molar-refractivity contribution < 1.29 is 14.3 Å². The highest BCUT2D eigenvalue weighted by Gasteiger charge is 2.48. The van der Waals surface area contributed by atoms with E-state index in [0.29, 0.717) is 5.54 Å². The lowest BCUT2D eigenvalue weighted by molar-refractivity contribution is -0.134. The number of hydrogen-bond donors (Lipinski definition) is 1. The third kappa shape index (κ3) is 4.30. The van der Waals surface area contributed by atoms with E-state index in [1.54, 1.807) is 0 Å². The summed E-state index contributed by atoms with van der Waals surface area (Å²) in [6.07, 6.45) is 5.41. The average molecular weight is 383 g/mol. The minimum atomic E-state index is -2.01. The molecule has 144 valence electrons. The van der Waals surface area contributed by atoms with E-state index >= 15 is 0 Å². The van der Waals surface area contributed by atoms with Gasteiger partial charge in [-0.05, 0) is 48.5 Å². The molecule has 1 unspecified atom stereocenters. The molecule has 0 heterocycles. The summed E-state index contributed by atoms with van der Waals surface area (Å²) in [5.41, 5.74) is 0.300. The van der Waals surface area contributed by atoms with Crippen LogP contribution in [0.5, 0.6) is 0 Å². The zero-order valence-electron chi connectivity index (χ0n) is 17.5. The van der Waals surface area contributed by atoms with E-state index in [9.17, 15) is 9.90 Å². The van der Waals surface area contributed by atoms with Crippen LogP contribution in [0.2, 0.25) is 43.3 Å². The molecule has 3 nitrogen and oxygen atoms in total. The van der Waals surface area contributed by atoms with Crippen molar-refractivity contribution in [2.24, 2.45) is 11.8 Å². The second kappa shape index (κ2) is 6.97. The summed E-state index contributed by atoms with van der Waals surface area (Å²) in [6, 6.07) is 0. The lowest BCUT2D eigenvalue weighted by Crippen LogP contribution is -2.43. The zero-order chi connectivity index (χ0) is 19.2. The van der Waals surface area contributed by atoms with Crippen LogP contribution in [0.1, 0.15) is 46.5 Å². The Bertz CT molecular complexity index is 540. The molecular weight excluding hydrogens is 344 g/mol. The number of hydrogen-bond acceptors (Lipinski definition) is 3. The highest BCUT2D eigenvalue weighted by atomic mass is 28.4. The third-order valence-corrected chi connectivity index (χ3v) is 13.6. The Labute approximate surface area is 156 Å². The summed E-state index contributed by atoms with van der Waals surface area (Å²) in [5.74, 6) is 0.735. The number of carbonyl (C=O) groups is 1. The van der Waals surface area contributed by atoms with Gasteiger partial charge >= 0.3 is 0 Å². The van der Waals surface area contributed by atoms with Crippen LogP contribution >= 0.6 is 0 Å². The molecule has 1 N–H and O–H groups in total. The zero-order valence-corrected chi connectivity index (χ0v) is 19.5. The highest BCUT2D eigenvalue weighted by Crippen LogP contribution is 2.47. The van der Waals surface area contributed by atoms with Gasteiger partial charge in [0.2, 0.25) is 8.32 Å². The van der Waals surface area contributed by atoms with Crippen molar-refractivity contribution in [3.63, 3.8) is 0 Å². The van der Waals surface area contributed by atoms with Gasteiger partial charge in [0, 0.05) is 0 Å². The topological polar surface area (TPSA) is 46.5 Å². The first kappa shape index (κ1) is 20.9. The summed E-state index contributed by atoms with van der Waals surface area (Å²) in [5, 5.41) is 11.0. The van der Waals surface area contributed by atoms with Crippen LogP contribution in [0.4, 0.5) is 0 Å². The molecule has 2 aliphatic carbocycles. The Kier molecular flexibility index (Phi) is 5.83. The minimum absolute atomic E-state index is 0.00964. The van der Waals surface area contributed by atoms with Crippen molar-refractivity contribution in [3.05, 3.63) is 11.8 Å². The van der Waals surface area contributed by atoms with Crippen LogP contribution in [-0.2, 0) is 9.22 Å². The van der Waals surface area contributed by atoms with Crippen molar-refractivity contribution >= 4 is 22.2 Å². The van der Waals surface area contributed by atoms with E-state index in [-0.39, 0.29) is 22.7 Å². The van der Waals surface area contributed by atoms with Crippen LogP contribution in [0.25, 0.3) is 0 Å². The second-order valence-corrected chi connectivity index (χ2v) is 20.8. The van der Waals surface area contributed by atoms with Crippen LogP contribution < -0.4 is 0 Å². The van der Waals surface area contributed by atoms with Gasteiger partial charge in [0.15, 0.2) is 5.78 Å². The number of fused-ring (bicyclic) bond motifs is 3. The summed E-state index contributed by atoms with van der Waals surface area (Å²) in [7, 11) is -3.59. The Hall–Kier alpha value is -0.396. The van der Waals surface area contributed by atoms with Gasteiger partial charge in [-0.25, -0.2) is 0 Å².